The first-order valence-corrected chi connectivity index (χ1v) is 9.28. The second-order valence-electron chi connectivity index (χ2n) is 6.44. The third kappa shape index (κ3) is 6.21. The largest absolute Gasteiger partial charge is 0.385 e. The minimum absolute atomic E-state index is 0.0684. The van der Waals surface area contributed by atoms with Crippen molar-refractivity contribution in [2.45, 2.75) is 39.7 Å². The maximum atomic E-state index is 12.9. The molecule has 0 saturated heterocycles. The highest BCUT2D eigenvalue weighted by atomic mass is 16.5. The number of carbonyl (C=O) groups is 1. The Labute approximate surface area is 161 Å². The summed E-state index contributed by atoms with van der Waals surface area (Å²) in [4.78, 5) is 23.3. The number of hydrogen-bond donors (Lipinski definition) is 2. The predicted octanol–water partition coefficient (Wildman–Crippen LogP) is 3.88. The number of ether oxygens (including phenoxy) is 1. The van der Waals surface area contributed by atoms with Crippen LogP contribution in [0.5, 0.6) is 0 Å². The Balaban J connectivity index is 2.27. The highest BCUT2D eigenvalue weighted by Crippen LogP contribution is 2.25. The van der Waals surface area contributed by atoms with Crippen molar-refractivity contribution in [2.75, 3.05) is 30.5 Å². The van der Waals surface area contributed by atoms with E-state index in [0.717, 1.165) is 24.1 Å². The molecule has 0 spiro atoms. The summed E-state index contributed by atoms with van der Waals surface area (Å²) in [7, 11) is 1.67. The molecule has 7 nitrogen and oxygen atoms in total. The van der Waals surface area contributed by atoms with Gasteiger partial charge in [0.1, 0.15) is 5.82 Å². The van der Waals surface area contributed by atoms with Crippen molar-refractivity contribution in [3.05, 3.63) is 42.1 Å². The van der Waals surface area contributed by atoms with E-state index in [-0.39, 0.29) is 12.1 Å². The molecule has 0 aliphatic heterocycles. The van der Waals surface area contributed by atoms with Gasteiger partial charge in [0.2, 0.25) is 5.95 Å². The first kappa shape index (κ1) is 20.6. The van der Waals surface area contributed by atoms with Crippen LogP contribution in [0.1, 0.15) is 32.3 Å². The van der Waals surface area contributed by atoms with E-state index in [1.807, 2.05) is 45.0 Å². The summed E-state index contributed by atoms with van der Waals surface area (Å²) in [6.45, 7) is 7.39. The molecule has 2 rings (SSSR count). The molecule has 0 radical (unpaired) electrons. The molecule has 2 amide bonds. The normalized spacial score (nSPS) is 11.7. The van der Waals surface area contributed by atoms with Gasteiger partial charge in [0.05, 0.1) is 5.69 Å². The molecular formula is C20H29N5O2. The molecule has 0 saturated carbocycles. The number of carbonyl (C=O) groups excluding carboxylic acids is 1. The second kappa shape index (κ2) is 10.5. The van der Waals surface area contributed by atoms with E-state index in [1.165, 1.54) is 0 Å². The first-order chi connectivity index (χ1) is 13.0. The van der Waals surface area contributed by atoms with Gasteiger partial charge < -0.3 is 15.4 Å². The summed E-state index contributed by atoms with van der Waals surface area (Å²) < 4.78 is 5.05. The van der Waals surface area contributed by atoms with E-state index in [9.17, 15) is 4.79 Å². The highest BCUT2D eigenvalue weighted by Gasteiger charge is 2.21. The van der Waals surface area contributed by atoms with Crippen LogP contribution in [0.2, 0.25) is 0 Å². The van der Waals surface area contributed by atoms with Gasteiger partial charge in [-0.2, -0.15) is 4.98 Å². The molecule has 2 N–H and O–H groups in total. The van der Waals surface area contributed by atoms with Crippen LogP contribution in [0.4, 0.5) is 22.2 Å². The summed E-state index contributed by atoms with van der Waals surface area (Å²) in [5, 5.41) is 6.18. The lowest BCUT2D eigenvalue weighted by molar-refractivity contribution is 0.197. The van der Waals surface area contributed by atoms with Crippen LogP contribution in [0, 0.1) is 6.92 Å². The Hall–Kier alpha value is -2.67. The fourth-order valence-electron chi connectivity index (χ4n) is 2.40. The summed E-state index contributed by atoms with van der Waals surface area (Å²) in [6, 6.07) is 9.37. The average Bonchev–Trinajstić information content (AvgIpc) is 2.67. The molecule has 1 aromatic carbocycles. The van der Waals surface area contributed by atoms with Gasteiger partial charge in [0, 0.05) is 38.6 Å². The molecule has 7 heteroatoms. The zero-order valence-corrected chi connectivity index (χ0v) is 16.5. The van der Waals surface area contributed by atoms with E-state index < -0.39 is 0 Å². The van der Waals surface area contributed by atoms with E-state index in [2.05, 4.69) is 20.6 Å². The van der Waals surface area contributed by atoms with Crippen molar-refractivity contribution in [1.29, 1.82) is 0 Å². The number of amides is 2. The molecule has 0 fully saturated rings. The van der Waals surface area contributed by atoms with Crippen LogP contribution >= 0.6 is 0 Å². The predicted molar refractivity (Wildman–Crippen MR) is 109 cm³/mol. The van der Waals surface area contributed by atoms with Crippen LogP contribution in [0.25, 0.3) is 0 Å². The smallest absolute Gasteiger partial charge is 0.327 e. The molecule has 1 aromatic heterocycles. The molecule has 1 atom stereocenters. The highest BCUT2D eigenvalue weighted by molar-refractivity contribution is 5.98. The Morgan fingerprint density at radius 2 is 2.00 bits per heavy atom. The lowest BCUT2D eigenvalue weighted by Crippen LogP contribution is -2.41. The molecule has 0 aliphatic carbocycles. The lowest BCUT2D eigenvalue weighted by atomic mass is 10.2. The lowest BCUT2D eigenvalue weighted by Gasteiger charge is -2.24. The van der Waals surface area contributed by atoms with Crippen molar-refractivity contribution in [1.82, 2.24) is 15.3 Å². The van der Waals surface area contributed by atoms with E-state index in [1.54, 1.807) is 24.3 Å². The van der Waals surface area contributed by atoms with Gasteiger partial charge >= 0.3 is 6.03 Å². The molecule has 0 aliphatic rings. The summed E-state index contributed by atoms with van der Waals surface area (Å²) in [5.74, 6) is 1.00. The SMILES string of the molecule is CCC(C)NC(=O)N(c1ccc(C)cc1)c1ccnc(NCCCOC)n1. The van der Waals surface area contributed by atoms with Crippen molar-refractivity contribution < 1.29 is 9.53 Å². The third-order valence-corrected chi connectivity index (χ3v) is 4.16. The van der Waals surface area contributed by atoms with Gasteiger partial charge in [-0.05, 0) is 38.8 Å². The monoisotopic (exact) mass is 371 g/mol. The first-order valence-electron chi connectivity index (χ1n) is 9.28. The van der Waals surface area contributed by atoms with Crippen molar-refractivity contribution >= 4 is 23.5 Å². The maximum absolute atomic E-state index is 12.9. The fourth-order valence-corrected chi connectivity index (χ4v) is 2.40. The number of aromatic nitrogens is 2. The van der Waals surface area contributed by atoms with Crippen LogP contribution in [-0.4, -0.2) is 42.3 Å². The fraction of sp³-hybridized carbons (Fsp3) is 0.450. The number of rotatable bonds is 9. The van der Waals surface area contributed by atoms with Crippen LogP contribution < -0.4 is 15.5 Å². The van der Waals surface area contributed by atoms with Gasteiger partial charge in [0.15, 0.2) is 0 Å². The van der Waals surface area contributed by atoms with Crippen molar-refractivity contribution in [3.63, 3.8) is 0 Å². The Morgan fingerprint density at radius 1 is 1.26 bits per heavy atom. The molecule has 0 bridgehead atoms. The topological polar surface area (TPSA) is 79.4 Å². The van der Waals surface area contributed by atoms with Gasteiger partial charge in [-0.1, -0.05) is 24.6 Å². The molecule has 2 aromatic rings. The van der Waals surface area contributed by atoms with Gasteiger partial charge in [-0.3, -0.25) is 0 Å². The van der Waals surface area contributed by atoms with Gasteiger partial charge in [-0.25, -0.2) is 14.7 Å². The molecule has 1 unspecified atom stereocenters. The molecular weight excluding hydrogens is 342 g/mol. The minimum atomic E-state index is -0.211. The number of benzene rings is 1. The van der Waals surface area contributed by atoms with Crippen LogP contribution in [0.3, 0.4) is 0 Å². The number of urea groups is 1. The maximum Gasteiger partial charge on any atom is 0.327 e. The molecule has 1 heterocycles. The molecule has 27 heavy (non-hydrogen) atoms. The average molecular weight is 371 g/mol. The summed E-state index contributed by atoms with van der Waals surface area (Å²) >= 11 is 0. The number of nitrogens with zero attached hydrogens (tertiary/aromatic N) is 3. The number of aryl methyl sites for hydroxylation is 1. The minimum Gasteiger partial charge on any atom is -0.385 e. The summed E-state index contributed by atoms with van der Waals surface area (Å²) in [6.07, 6.45) is 3.35. The van der Waals surface area contributed by atoms with Crippen molar-refractivity contribution in [3.8, 4) is 0 Å². The third-order valence-electron chi connectivity index (χ3n) is 4.16. The number of hydrogen-bond acceptors (Lipinski definition) is 5. The van der Waals surface area contributed by atoms with E-state index in [0.29, 0.717) is 24.9 Å². The van der Waals surface area contributed by atoms with E-state index >= 15 is 0 Å². The summed E-state index contributed by atoms with van der Waals surface area (Å²) in [5.41, 5.74) is 1.88. The quantitative estimate of drug-likeness (QED) is 0.654. The number of anilines is 3. The second-order valence-corrected chi connectivity index (χ2v) is 6.44. The van der Waals surface area contributed by atoms with Gasteiger partial charge in [-0.15, -0.1) is 0 Å². The Bertz CT molecular complexity index is 721. The van der Waals surface area contributed by atoms with Crippen molar-refractivity contribution in [2.24, 2.45) is 0 Å². The Morgan fingerprint density at radius 3 is 2.67 bits per heavy atom. The van der Waals surface area contributed by atoms with Crippen LogP contribution in [-0.2, 0) is 4.74 Å². The zero-order valence-electron chi connectivity index (χ0n) is 16.5. The number of nitrogens with one attached hydrogen (secondary N) is 2. The molecule has 146 valence electrons. The number of methoxy groups -OCH3 is 1. The van der Waals surface area contributed by atoms with Gasteiger partial charge in [0.25, 0.3) is 0 Å². The van der Waals surface area contributed by atoms with E-state index in [4.69, 9.17) is 4.74 Å². The van der Waals surface area contributed by atoms with Crippen LogP contribution in [0.15, 0.2) is 36.5 Å². The Kier molecular flexibility index (Phi) is 8.00. The zero-order chi connectivity index (χ0) is 19.6. The standard InChI is InChI=1S/C20H29N5O2/c1-5-16(3)23-20(26)25(17-9-7-15(2)8-10-17)18-11-13-22-19(24-18)21-12-6-14-27-4/h7-11,13,16H,5-6,12,14H2,1-4H3,(H,23,26)(H,21,22,24).